The summed E-state index contributed by atoms with van der Waals surface area (Å²) in [4.78, 5) is 49.2. The van der Waals surface area contributed by atoms with Crippen LogP contribution >= 0.6 is 11.3 Å². The van der Waals surface area contributed by atoms with Crippen molar-refractivity contribution in [3.63, 3.8) is 0 Å². The highest BCUT2D eigenvalue weighted by Gasteiger charge is 2.36. The van der Waals surface area contributed by atoms with Gasteiger partial charge in [0, 0.05) is 7.05 Å². The molecule has 1 aromatic carbocycles. The summed E-state index contributed by atoms with van der Waals surface area (Å²) in [6.07, 6.45) is 0. The van der Waals surface area contributed by atoms with Crippen LogP contribution in [0.1, 0.15) is 31.1 Å². The van der Waals surface area contributed by atoms with Crippen molar-refractivity contribution in [2.75, 3.05) is 18.9 Å². The molecule has 122 valence electrons. The maximum absolute atomic E-state index is 12.2. The Morgan fingerprint density at radius 3 is 2.29 bits per heavy atom. The van der Waals surface area contributed by atoms with Crippen LogP contribution in [0.2, 0.25) is 0 Å². The van der Waals surface area contributed by atoms with E-state index in [1.54, 1.807) is 35.7 Å². The van der Waals surface area contributed by atoms with Crippen LogP contribution in [-0.4, -0.2) is 42.1 Å². The van der Waals surface area contributed by atoms with Crippen LogP contribution in [0.25, 0.3) is 0 Å². The molecule has 2 aromatic rings. The minimum Gasteiger partial charge on any atom is -0.355 e. The lowest BCUT2D eigenvalue weighted by atomic mass is 10.1. The number of rotatable bonds is 4. The number of imide groups is 1. The molecule has 1 aliphatic rings. The first-order chi connectivity index (χ1) is 11.5. The van der Waals surface area contributed by atoms with E-state index in [1.807, 2.05) is 0 Å². The lowest BCUT2D eigenvalue weighted by Gasteiger charge is -2.13. The van der Waals surface area contributed by atoms with Gasteiger partial charge >= 0.3 is 0 Å². The molecule has 8 heteroatoms. The van der Waals surface area contributed by atoms with Crippen LogP contribution < -0.4 is 10.6 Å². The van der Waals surface area contributed by atoms with Crippen LogP contribution in [0.5, 0.6) is 0 Å². The molecule has 0 aliphatic carbocycles. The molecule has 0 bridgehead atoms. The highest BCUT2D eigenvalue weighted by molar-refractivity contribution is 7.14. The number of carbonyl (C=O) groups is 4. The van der Waals surface area contributed by atoms with Crippen molar-refractivity contribution in [3.05, 3.63) is 52.4 Å². The SMILES string of the molecule is CNC(=O)c1ccsc1NC(=O)CN1C(=O)c2ccccc2C1=O. The molecular weight excluding hydrogens is 330 g/mol. The Morgan fingerprint density at radius 2 is 1.71 bits per heavy atom. The molecule has 0 saturated heterocycles. The van der Waals surface area contributed by atoms with Crippen LogP contribution in [0, 0.1) is 0 Å². The number of thiophene rings is 1. The van der Waals surface area contributed by atoms with Crippen molar-refractivity contribution in [1.82, 2.24) is 10.2 Å². The second-order valence-corrected chi connectivity index (χ2v) is 5.95. The fourth-order valence-electron chi connectivity index (χ4n) is 2.41. The average Bonchev–Trinajstić information content (AvgIpc) is 3.13. The normalized spacial score (nSPS) is 13.0. The highest BCUT2D eigenvalue weighted by atomic mass is 32.1. The summed E-state index contributed by atoms with van der Waals surface area (Å²) < 4.78 is 0. The second kappa shape index (κ2) is 6.25. The third kappa shape index (κ3) is 2.67. The van der Waals surface area contributed by atoms with Gasteiger partial charge in [-0.3, -0.25) is 24.1 Å². The van der Waals surface area contributed by atoms with E-state index in [1.165, 1.54) is 18.4 Å². The molecule has 0 fully saturated rings. The van der Waals surface area contributed by atoms with Gasteiger partial charge in [-0.05, 0) is 23.6 Å². The third-order valence-corrected chi connectivity index (χ3v) is 4.40. The van der Waals surface area contributed by atoms with Gasteiger partial charge in [0.25, 0.3) is 17.7 Å². The summed E-state index contributed by atoms with van der Waals surface area (Å²) in [7, 11) is 1.49. The molecule has 1 aromatic heterocycles. The highest BCUT2D eigenvalue weighted by Crippen LogP contribution is 2.24. The third-order valence-electron chi connectivity index (χ3n) is 3.57. The number of hydrogen-bond donors (Lipinski definition) is 2. The maximum Gasteiger partial charge on any atom is 0.262 e. The fourth-order valence-corrected chi connectivity index (χ4v) is 3.21. The van der Waals surface area contributed by atoms with E-state index in [0.29, 0.717) is 10.6 Å². The molecule has 1 aliphatic heterocycles. The van der Waals surface area contributed by atoms with Gasteiger partial charge in [-0.2, -0.15) is 0 Å². The lowest BCUT2D eigenvalue weighted by Crippen LogP contribution is -2.37. The Morgan fingerprint density at radius 1 is 1.08 bits per heavy atom. The Labute approximate surface area is 141 Å². The topological polar surface area (TPSA) is 95.6 Å². The van der Waals surface area contributed by atoms with Gasteiger partial charge in [0.15, 0.2) is 0 Å². The smallest absolute Gasteiger partial charge is 0.262 e. The zero-order valence-electron chi connectivity index (χ0n) is 12.7. The van der Waals surface area contributed by atoms with Crippen LogP contribution in [-0.2, 0) is 4.79 Å². The van der Waals surface area contributed by atoms with Crippen molar-refractivity contribution < 1.29 is 19.2 Å². The quantitative estimate of drug-likeness (QED) is 0.819. The van der Waals surface area contributed by atoms with Gasteiger partial charge in [0.1, 0.15) is 11.5 Å². The number of benzene rings is 1. The summed E-state index contributed by atoms with van der Waals surface area (Å²) >= 11 is 1.19. The standard InChI is InChI=1S/C16H13N3O4S/c1-17-13(21)11-6-7-24-14(11)18-12(20)8-19-15(22)9-4-2-3-5-10(9)16(19)23/h2-7H,8H2,1H3,(H,17,21)(H,18,20). The van der Waals surface area contributed by atoms with Gasteiger partial charge in [0.05, 0.1) is 16.7 Å². The predicted molar refractivity (Wildman–Crippen MR) is 88.1 cm³/mol. The number of carbonyl (C=O) groups excluding carboxylic acids is 4. The van der Waals surface area contributed by atoms with E-state index < -0.39 is 24.3 Å². The van der Waals surface area contributed by atoms with Crippen LogP contribution in [0.15, 0.2) is 35.7 Å². The number of hydrogen-bond acceptors (Lipinski definition) is 5. The Bertz CT molecular complexity index is 824. The predicted octanol–water partition coefficient (Wildman–Crippen LogP) is 1.34. The first-order valence-corrected chi connectivity index (χ1v) is 7.95. The van der Waals surface area contributed by atoms with Gasteiger partial charge < -0.3 is 10.6 Å². The van der Waals surface area contributed by atoms with E-state index in [2.05, 4.69) is 10.6 Å². The van der Waals surface area contributed by atoms with E-state index in [-0.39, 0.29) is 17.0 Å². The molecular formula is C16H13N3O4S. The fraction of sp³-hybridized carbons (Fsp3) is 0.125. The number of fused-ring (bicyclic) bond motifs is 1. The average molecular weight is 343 g/mol. The minimum atomic E-state index is -0.544. The van der Waals surface area contributed by atoms with Crippen molar-refractivity contribution in [1.29, 1.82) is 0 Å². The zero-order chi connectivity index (χ0) is 17.3. The van der Waals surface area contributed by atoms with E-state index in [0.717, 1.165) is 4.90 Å². The van der Waals surface area contributed by atoms with Crippen molar-refractivity contribution in [3.8, 4) is 0 Å². The molecule has 3 rings (SSSR count). The first-order valence-electron chi connectivity index (χ1n) is 7.07. The summed E-state index contributed by atoms with van der Waals surface area (Å²) in [5.41, 5.74) is 0.910. The lowest BCUT2D eigenvalue weighted by molar-refractivity contribution is -0.116. The molecule has 2 N–H and O–H groups in total. The molecule has 4 amide bonds. The molecule has 0 radical (unpaired) electrons. The molecule has 0 spiro atoms. The van der Waals surface area contributed by atoms with Gasteiger partial charge in [-0.25, -0.2) is 0 Å². The summed E-state index contributed by atoms with van der Waals surface area (Å²) in [5.74, 6) is -1.86. The van der Waals surface area contributed by atoms with Crippen molar-refractivity contribution in [2.45, 2.75) is 0 Å². The Balaban J connectivity index is 1.73. The number of nitrogens with zero attached hydrogens (tertiary/aromatic N) is 1. The van der Waals surface area contributed by atoms with Gasteiger partial charge in [-0.15, -0.1) is 11.3 Å². The van der Waals surface area contributed by atoms with Crippen molar-refractivity contribution in [2.24, 2.45) is 0 Å². The second-order valence-electron chi connectivity index (χ2n) is 5.03. The summed E-state index contributed by atoms with van der Waals surface area (Å²) in [5, 5.41) is 7.09. The van der Waals surface area contributed by atoms with Gasteiger partial charge in [-0.1, -0.05) is 12.1 Å². The molecule has 0 unspecified atom stereocenters. The molecule has 0 atom stereocenters. The largest absolute Gasteiger partial charge is 0.355 e. The molecule has 24 heavy (non-hydrogen) atoms. The number of anilines is 1. The summed E-state index contributed by atoms with van der Waals surface area (Å²) in [6, 6.07) is 8.01. The maximum atomic E-state index is 12.2. The van der Waals surface area contributed by atoms with Crippen molar-refractivity contribution >= 4 is 40.0 Å². The number of amides is 4. The molecule has 0 saturated carbocycles. The Hall–Kier alpha value is -3.00. The first kappa shape index (κ1) is 15.9. The zero-order valence-corrected chi connectivity index (χ0v) is 13.5. The Kier molecular flexibility index (Phi) is 4.13. The van der Waals surface area contributed by atoms with E-state index in [4.69, 9.17) is 0 Å². The van der Waals surface area contributed by atoms with Crippen LogP contribution in [0.4, 0.5) is 5.00 Å². The van der Waals surface area contributed by atoms with E-state index in [9.17, 15) is 19.2 Å². The molecule has 7 nitrogen and oxygen atoms in total. The minimum absolute atomic E-state index is 0.289. The van der Waals surface area contributed by atoms with Crippen LogP contribution in [0.3, 0.4) is 0 Å². The summed E-state index contributed by atoms with van der Waals surface area (Å²) in [6.45, 7) is -0.405. The molecule has 2 heterocycles. The monoisotopic (exact) mass is 343 g/mol. The van der Waals surface area contributed by atoms with Gasteiger partial charge in [0.2, 0.25) is 5.91 Å². The number of nitrogens with one attached hydrogen (secondary N) is 2. The van der Waals surface area contributed by atoms with E-state index >= 15 is 0 Å².